The number of nitrogen functional groups attached to an aromatic ring is 1. The van der Waals surface area contributed by atoms with E-state index in [1.165, 1.54) is 12.7 Å². The topological polar surface area (TPSA) is 158 Å². The lowest BCUT2D eigenvalue weighted by atomic mass is 10.2. The van der Waals surface area contributed by atoms with Crippen LogP contribution in [0.3, 0.4) is 0 Å². The monoisotopic (exact) mass is 288 g/mol. The highest BCUT2D eigenvalue weighted by molar-refractivity contribution is 5.83. The normalized spacial score (nSPS) is 12.4. The first-order chi connectivity index (χ1) is 10.1. The van der Waals surface area contributed by atoms with E-state index in [0.717, 1.165) is 0 Å². The summed E-state index contributed by atoms with van der Waals surface area (Å²) >= 11 is 0. The number of nitrogens with two attached hydrogens (primary N) is 1. The third-order valence-corrected chi connectivity index (χ3v) is 2.88. The summed E-state index contributed by atoms with van der Waals surface area (Å²) in [5.74, 6) is -0.735. The van der Waals surface area contributed by atoms with E-state index < -0.39 is 12.0 Å². The Morgan fingerprint density at radius 3 is 2.95 bits per heavy atom. The Balaban J connectivity index is 1.85. The van der Waals surface area contributed by atoms with Gasteiger partial charge in [0, 0.05) is 12.6 Å². The summed E-state index contributed by atoms with van der Waals surface area (Å²) in [6, 6.07) is -0.927. The third kappa shape index (κ3) is 2.59. The van der Waals surface area contributed by atoms with Crippen LogP contribution in [0, 0.1) is 0 Å². The molecule has 0 unspecified atom stereocenters. The van der Waals surface area contributed by atoms with Crippen LogP contribution < -0.4 is 11.1 Å². The molecule has 0 aromatic carbocycles. The van der Waals surface area contributed by atoms with E-state index >= 15 is 0 Å². The van der Waals surface area contributed by atoms with Crippen LogP contribution in [0.25, 0.3) is 11.2 Å². The van der Waals surface area contributed by atoms with E-state index in [0.29, 0.717) is 16.9 Å². The molecule has 6 N–H and O–H groups in total. The lowest BCUT2D eigenvalue weighted by Gasteiger charge is -2.13. The maximum absolute atomic E-state index is 11.3. The second-order valence-corrected chi connectivity index (χ2v) is 4.33. The van der Waals surface area contributed by atoms with Crippen LogP contribution in [0.2, 0.25) is 0 Å². The molecule has 3 aromatic heterocycles. The van der Waals surface area contributed by atoms with Crippen molar-refractivity contribution in [3.05, 3.63) is 24.5 Å². The molecule has 0 aliphatic heterocycles. The fraction of sp³-hybridized carbons (Fsp3) is 0.182. The SMILES string of the molecule is Nc1nc(N[C@@H](Cc2c[nH]cn2)C(=O)O)nc2nc[nH]c12. The van der Waals surface area contributed by atoms with Crippen molar-refractivity contribution in [1.82, 2.24) is 29.9 Å². The highest BCUT2D eigenvalue weighted by Gasteiger charge is 2.20. The number of carboxylic acid groups (broad SMARTS) is 1. The number of H-pyrrole nitrogens is 2. The summed E-state index contributed by atoms with van der Waals surface area (Å²) in [5.41, 5.74) is 7.26. The van der Waals surface area contributed by atoms with E-state index in [1.54, 1.807) is 6.20 Å². The Kier molecular flexibility index (Phi) is 3.10. The third-order valence-electron chi connectivity index (χ3n) is 2.88. The van der Waals surface area contributed by atoms with Gasteiger partial charge in [-0.15, -0.1) is 0 Å². The van der Waals surface area contributed by atoms with Crippen LogP contribution in [0.1, 0.15) is 5.69 Å². The minimum Gasteiger partial charge on any atom is -0.480 e. The highest BCUT2D eigenvalue weighted by atomic mass is 16.4. The number of fused-ring (bicyclic) bond motifs is 1. The van der Waals surface area contributed by atoms with Crippen molar-refractivity contribution in [3.63, 3.8) is 0 Å². The second-order valence-electron chi connectivity index (χ2n) is 4.33. The lowest BCUT2D eigenvalue weighted by molar-refractivity contribution is -0.137. The molecule has 10 nitrogen and oxygen atoms in total. The Labute approximate surface area is 117 Å². The minimum absolute atomic E-state index is 0.107. The molecule has 0 amide bonds. The first kappa shape index (κ1) is 12.8. The van der Waals surface area contributed by atoms with Gasteiger partial charge in [0.15, 0.2) is 11.5 Å². The number of nitrogens with one attached hydrogen (secondary N) is 3. The predicted molar refractivity (Wildman–Crippen MR) is 73.4 cm³/mol. The molecule has 3 aromatic rings. The molecule has 0 radical (unpaired) electrons. The van der Waals surface area contributed by atoms with Gasteiger partial charge in [-0.05, 0) is 0 Å². The molecule has 21 heavy (non-hydrogen) atoms. The Hall–Kier alpha value is -3.17. The maximum Gasteiger partial charge on any atom is 0.326 e. The molecule has 3 heterocycles. The van der Waals surface area contributed by atoms with Crippen molar-refractivity contribution in [2.24, 2.45) is 0 Å². The van der Waals surface area contributed by atoms with Crippen LogP contribution in [0.15, 0.2) is 18.9 Å². The summed E-state index contributed by atoms with van der Waals surface area (Å²) in [5, 5.41) is 12.0. The number of aliphatic carboxylic acids is 1. The van der Waals surface area contributed by atoms with Crippen LogP contribution in [-0.4, -0.2) is 47.0 Å². The van der Waals surface area contributed by atoms with Gasteiger partial charge in [0.05, 0.1) is 18.3 Å². The summed E-state index contributed by atoms with van der Waals surface area (Å²) < 4.78 is 0. The molecule has 1 atom stereocenters. The molecule has 0 aliphatic carbocycles. The molecule has 0 saturated heterocycles. The maximum atomic E-state index is 11.3. The summed E-state index contributed by atoms with van der Waals surface area (Å²) in [6.07, 6.45) is 4.74. The minimum atomic E-state index is -1.04. The number of hydrogen-bond donors (Lipinski definition) is 5. The molecule has 10 heteroatoms. The predicted octanol–water partition coefficient (Wildman–Crippen LogP) is -0.234. The summed E-state index contributed by atoms with van der Waals surface area (Å²) in [4.78, 5) is 33.0. The van der Waals surface area contributed by atoms with E-state index in [9.17, 15) is 9.90 Å². The van der Waals surface area contributed by atoms with Crippen molar-refractivity contribution < 1.29 is 9.90 Å². The standard InChI is InChI=1S/C11H12N8O2/c12-8-7-9(16-4-15-7)19-11(18-8)17-6(10(20)21)1-5-2-13-3-14-5/h2-4,6H,1H2,(H,13,14)(H,20,21)(H4,12,15,16,17,18,19)/t6-/m0/s1. The fourth-order valence-corrected chi connectivity index (χ4v) is 1.89. The number of nitrogens with zero attached hydrogens (tertiary/aromatic N) is 4. The van der Waals surface area contributed by atoms with E-state index in [4.69, 9.17) is 5.73 Å². The molecule has 108 valence electrons. The lowest BCUT2D eigenvalue weighted by Crippen LogP contribution is -2.32. The molecule has 0 bridgehead atoms. The van der Waals surface area contributed by atoms with E-state index in [2.05, 4.69) is 35.2 Å². The molecule has 0 fully saturated rings. The summed E-state index contributed by atoms with van der Waals surface area (Å²) in [6.45, 7) is 0. The van der Waals surface area contributed by atoms with Gasteiger partial charge in [0.25, 0.3) is 0 Å². The van der Waals surface area contributed by atoms with Gasteiger partial charge in [-0.25, -0.2) is 14.8 Å². The smallest absolute Gasteiger partial charge is 0.326 e. The molecule has 0 spiro atoms. The highest BCUT2D eigenvalue weighted by Crippen LogP contribution is 2.16. The Morgan fingerprint density at radius 2 is 2.24 bits per heavy atom. The number of rotatable bonds is 5. The number of aromatic nitrogens is 6. The molecule has 0 aliphatic rings. The van der Waals surface area contributed by atoms with E-state index in [-0.39, 0.29) is 18.2 Å². The Morgan fingerprint density at radius 1 is 1.38 bits per heavy atom. The number of carboxylic acids is 1. The van der Waals surface area contributed by atoms with Gasteiger partial charge in [-0.3, -0.25) is 0 Å². The van der Waals surface area contributed by atoms with Crippen molar-refractivity contribution >= 4 is 28.9 Å². The summed E-state index contributed by atoms with van der Waals surface area (Å²) in [7, 11) is 0. The molecular weight excluding hydrogens is 276 g/mol. The van der Waals surface area contributed by atoms with Gasteiger partial charge < -0.3 is 26.1 Å². The van der Waals surface area contributed by atoms with E-state index in [1.807, 2.05) is 0 Å². The number of aromatic amines is 2. The van der Waals surface area contributed by atoms with Gasteiger partial charge >= 0.3 is 5.97 Å². The van der Waals surface area contributed by atoms with Crippen LogP contribution >= 0.6 is 0 Å². The van der Waals surface area contributed by atoms with Gasteiger partial charge in [-0.1, -0.05) is 0 Å². The average Bonchev–Trinajstić information content (AvgIpc) is 3.08. The first-order valence-electron chi connectivity index (χ1n) is 6.07. The number of hydrogen-bond acceptors (Lipinski definition) is 7. The van der Waals surface area contributed by atoms with Gasteiger partial charge in [0.1, 0.15) is 11.6 Å². The van der Waals surface area contributed by atoms with Crippen molar-refractivity contribution in [2.45, 2.75) is 12.5 Å². The van der Waals surface area contributed by atoms with Crippen LogP contribution in [0.4, 0.5) is 11.8 Å². The zero-order valence-corrected chi connectivity index (χ0v) is 10.7. The quantitative estimate of drug-likeness (QED) is 0.430. The zero-order valence-electron chi connectivity index (χ0n) is 10.7. The average molecular weight is 288 g/mol. The fourth-order valence-electron chi connectivity index (χ4n) is 1.89. The van der Waals surface area contributed by atoms with Gasteiger partial charge in [-0.2, -0.15) is 9.97 Å². The largest absolute Gasteiger partial charge is 0.480 e. The number of imidazole rings is 2. The second kappa shape index (κ2) is 5.07. The van der Waals surface area contributed by atoms with Crippen molar-refractivity contribution in [3.8, 4) is 0 Å². The Bertz CT molecular complexity index is 766. The molecule has 3 rings (SSSR count). The van der Waals surface area contributed by atoms with Crippen molar-refractivity contribution in [1.29, 1.82) is 0 Å². The molecule has 0 saturated carbocycles. The van der Waals surface area contributed by atoms with Crippen molar-refractivity contribution in [2.75, 3.05) is 11.1 Å². The van der Waals surface area contributed by atoms with Crippen LogP contribution in [0.5, 0.6) is 0 Å². The van der Waals surface area contributed by atoms with Crippen LogP contribution in [-0.2, 0) is 11.2 Å². The number of anilines is 2. The zero-order chi connectivity index (χ0) is 14.8. The van der Waals surface area contributed by atoms with Gasteiger partial charge in [0.2, 0.25) is 5.95 Å². The first-order valence-corrected chi connectivity index (χ1v) is 6.07. The molecular formula is C11H12N8O2. The number of carbonyl (C=O) groups is 1.